The third kappa shape index (κ3) is 4.12. The van der Waals surface area contributed by atoms with Gasteiger partial charge in [0.1, 0.15) is 10.8 Å². The predicted molar refractivity (Wildman–Crippen MR) is 117 cm³/mol. The van der Waals surface area contributed by atoms with E-state index in [9.17, 15) is 4.79 Å². The largest absolute Gasteiger partial charge is 0.431 e. The fraction of sp³-hybridized carbons (Fsp3) is 0.174. The standard InChI is InChI=1S/C23H21N3O2S/c1-13-6-5-7-17(10-13)28-23-25-16(4)22(29-23)26-21(27)19-12-15(3)24-20-9-8-14(2)11-18(19)20/h5-12H,1-4H3,(H,26,27). The molecule has 0 fully saturated rings. The van der Waals surface area contributed by atoms with E-state index in [0.29, 0.717) is 15.8 Å². The summed E-state index contributed by atoms with van der Waals surface area (Å²) in [4.78, 5) is 22.0. The van der Waals surface area contributed by atoms with Crippen LogP contribution < -0.4 is 10.1 Å². The van der Waals surface area contributed by atoms with Crippen molar-refractivity contribution in [1.29, 1.82) is 0 Å². The van der Waals surface area contributed by atoms with Crippen molar-refractivity contribution in [2.24, 2.45) is 0 Å². The fourth-order valence-electron chi connectivity index (χ4n) is 3.14. The molecule has 1 N–H and O–H groups in total. The van der Waals surface area contributed by atoms with Gasteiger partial charge in [0.05, 0.1) is 16.8 Å². The molecule has 0 bridgehead atoms. The van der Waals surface area contributed by atoms with Crippen LogP contribution in [-0.4, -0.2) is 15.9 Å². The minimum absolute atomic E-state index is 0.181. The molecule has 6 heteroatoms. The Bertz CT molecular complexity index is 1230. The first-order valence-corrected chi connectivity index (χ1v) is 10.1. The minimum atomic E-state index is -0.181. The molecule has 2 heterocycles. The van der Waals surface area contributed by atoms with Gasteiger partial charge in [0.2, 0.25) is 0 Å². The lowest BCUT2D eigenvalue weighted by Gasteiger charge is -2.09. The SMILES string of the molecule is Cc1cccc(Oc2nc(C)c(NC(=O)c3cc(C)nc4ccc(C)cc34)s2)c1. The molecule has 2 aromatic carbocycles. The number of nitrogens with zero attached hydrogens (tertiary/aromatic N) is 2. The second-order valence-electron chi connectivity index (χ2n) is 7.10. The van der Waals surface area contributed by atoms with Gasteiger partial charge in [0.25, 0.3) is 11.1 Å². The number of thiazole rings is 1. The van der Waals surface area contributed by atoms with Crippen molar-refractivity contribution >= 4 is 33.1 Å². The van der Waals surface area contributed by atoms with Crippen LogP contribution in [0.4, 0.5) is 5.00 Å². The van der Waals surface area contributed by atoms with E-state index < -0.39 is 0 Å². The Kier molecular flexibility index (Phi) is 5.03. The average Bonchev–Trinajstić information content (AvgIpc) is 3.00. The van der Waals surface area contributed by atoms with Crippen molar-refractivity contribution in [3.63, 3.8) is 0 Å². The van der Waals surface area contributed by atoms with Crippen LogP contribution in [0.1, 0.15) is 32.9 Å². The van der Waals surface area contributed by atoms with Gasteiger partial charge in [-0.15, -0.1) is 0 Å². The van der Waals surface area contributed by atoms with E-state index in [4.69, 9.17) is 4.74 Å². The van der Waals surface area contributed by atoms with E-state index in [1.54, 1.807) is 0 Å². The zero-order valence-electron chi connectivity index (χ0n) is 16.7. The Morgan fingerprint density at radius 1 is 0.966 bits per heavy atom. The number of rotatable bonds is 4. The lowest BCUT2D eigenvalue weighted by atomic mass is 10.0. The summed E-state index contributed by atoms with van der Waals surface area (Å²) < 4.78 is 5.86. The molecule has 1 amide bonds. The molecule has 2 aromatic heterocycles. The molecular formula is C23H21N3O2S. The van der Waals surface area contributed by atoms with E-state index >= 15 is 0 Å². The van der Waals surface area contributed by atoms with Gasteiger partial charge in [0.15, 0.2) is 0 Å². The van der Waals surface area contributed by atoms with Crippen LogP contribution in [0.2, 0.25) is 0 Å². The number of carbonyl (C=O) groups is 1. The summed E-state index contributed by atoms with van der Waals surface area (Å²) >= 11 is 1.32. The fourth-order valence-corrected chi connectivity index (χ4v) is 3.97. The number of amides is 1. The molecule has 4 rings (SSSR count). The number of aromatic nitrogens is 2. The molecule has 0 atom stereocenters. The molecule has 146 valence electrons. The van der Waals surface area contributed by atoms with E-state index in [0.717, 1.165) is 39.2 Å². The highest BCUT2D eigenvalue weighted by molar-refractivity contribution is 7.17. The quantitative estimate of drug-likeness (QED) is 0.456. The predicted octanol–water partition coefficient (Wildman–Crippen LogP) is 5.97. The summed E-state index contributed by atoms with van der Waals surface area (Å²) in [5.74, 6) is 0.544. The molecule has 29 heavy (non-hydrogen) atoms. The monoisotopic (exact) mass is 403 g/mol. The average molecular weight is 404 g/mol. The summed E-state index contributed by atoms with van der Waals surface area (Å²) in [7, 11) is 0. The maximum absolute atomic E-state index is 13.1. The number of nitrogens with one attached hydrogen (secondary N) is 1. The Hall–Kier alpha value is -3.25. The van der Waals surface area contributed by atoms with Crippen LogP contribution >= 0.6 is 11.3 Å². The molecule has 0 aliphatic carbocycles. The van der Waals surface area contributed by atoms with Crippen LogP contribution in [0.3, 0.4) is 0 Å². The first-order valence-electron chi connectivity index (χ1n) is 9.30. The second kappa shape index (κ2) is 7.64. The lowest BCUT2D eigenvalue weighted by Crippen LogP contribution is -2.13. The molecule has 0 spiro atoms. The van der Waals surface area contributed by atoms with Crippen LogP contribution in [-0.2, 0) is 0 Å². The van der Waals surface area contributed by atoms with Gasteiger partial charge in [-0.2, -0.15) is 0 Å². The minimum Gasteiger partial charge on any atom is -0.431 e. The molecular weight excluding hydrogens is 382 g/mol. The molecule has 0 radical (unpaired) electrons. The smallest absolute Gasteiger partial charge is 0.280 e. The van der Waals surface area contributed by atoms with Gasteiger partial charge in [-0.25, -0.2) is 4.98 Å². The third-order valence-corrected chi connectivity index (χ3v) is 5.49. The number of fused-ring (bicyclic) bond motifs is 1. The van der Waals surface area contributed by atoms with Gasteiger partial charge in [-0.3, -0.25) is 9.78 Å². The first kappa shape index (κ1) is 19.1. The number of benzene rings is 2. The molecule has 4 aromatic rings. The van der Waals surface area contributed by atoms with Crippen molar-refractivity contribution in [1.82, 2.24) is 9.97 Å². The Morgan fingerprint density at radius 2 is 1.76 bits per heavy atom. The topological polar surface area (TPSA) is 64.1 Å². The van der Waals surface area contributed by atoms with Crippen molar-refractivity contribution in [2.45, 2.75) is 27.7 Å². The van der Waals surface area contributed by atoms with Crippen molar-refractivity contribution in [2.75, 3.05) is 5.32 Å². The number of hydrogen-bond acceptors (Lipinski definition) is 5. The zero-order chi connectivity index (χ0) is 20.5. The molecule has 0 aliphatic heterocycles. The summed E-state index contributed by atoms with van der Waals surface area (Å²) in [5, 5.41) is 5.00. The number of hydrogen-bond donors (Lipinski definition) is 1. The van der Waals surface area contributed by atoms with Crippen LogP contribution in [0.15, 0.2) is 48.5 Å². The van der Waals surface area contributed by atoms with Crippen LogP contribution in [0, 0.1) is 27.7 Å². The summed E-state index contributed by atoms with van der Waals surface area (Å²) in [6.45, 7) is 7.76. The van der Waals surface area contributed by atoms with Gasteiger partial charge < -0.3 is 10.1 Å². The molecule has 0 saturated carbocycles. The van der Waals surface area contributed by atoms with Crippen molar-refractivity contribution in [3.05, 3.63) is 76.6 Å². The number of pyridine rings is 1. The maximum atomic E-state index is 13.1. The molecule has 0 aliphatic rings. The van der Waals surface area contributed by atoms with Crippen molar-refractivity contribution < 1.29 is 9.53 Å². The van der Waals surface area contributed by atoms with E-state index in [1.807, 2.05) is 76.2 Å². The Balaban J connectivity index is 1.62. The number of carbonyl (C=O) groups excluding carboxylic acids is 1. The van der Waals surface area contributed by atoms with Crippen molar-refractivity contribution in [3.8, 4) is 10.9 Å². The van der Waals surface area contributed by atoms with Crippen LogP contribution in [0.5, 0.6) is 10.9 Å². The Labute approximate surface area is 173 Å². The highest BCUT2D eigenvalue weighted by Crippen LogP contribution is 2.34. The highest BCUT2D eigenvalue weighted by atomic mass is 32.1. The molecule has 0 unspecified atom stereocenters. The number of anilines is 1. The highest BCUT2D eigenvalue weighted by Gasteiger charge is 2.17. The van der Waals surface area contributed by atoms with E-state index in [-0.39, 0.29) is 5.91 Å². The maximum Gasteiger partial charge on any atom is 0.280 e. The lowest BCUT2D eigenvalue weighted by molar-refractivity contribution is 0.102. The summed E-state index contributed by atoms with van der Waals surface area (Å²) in [5.41, 5.74) is 5.13. The van der Waals surface area contributed by atoms with E-state index in [1.165, 1.54) is 11.3 Å². The normalized spacial score (nSPS) is 10.9. The number of aryl methyl sites for hydroxylation is 4. The van der Waals surface area contributed by atoms with Gasteiger partial charge in [0, 0.05) is 11.1 Å². The number of ether oxygens (including phenoxy) is 1. The zero-order valence-corrected chi connectivity index (χ0v) is 17.6. The third-order valence-electron chi connectivity index (χ3n) is 4.54. The second-order valence-corrected chi connectivity index (χ2v) is 8.06. The Morgan fingerprint density at radius 3 is 2.55 bits per heavy atom. The first-order chi connectivity index (χ1) is 13.9. The molecule has 0 saturated heterocycles. The molecule has 5 nitrogen and oxygen atoms in total. The van der Waals surface area contributed by atoms with E-state index in [2.05, 4.69) is 15.3 Å². The van der Waals surface area contributed by atoms with Gasteiger partial charge in [-0.1, -0.05) is 35.1 Å². The summed E-state index contributed by atoms with van der Waals surface area (Å²) in [6.07, 6.45) is 0. The summed E-state index contributed by atoms with van der Waals surface area (Å²) in [6, 6.07) is 15.5. The van der Waals surface area contributed by atoms with Crippen LogP contribution in [0.25, 0.3) is 10.9 Å². The van der Waals surface area contributed by atoms with Gasteiger partial charge >= 0.3 is 0 Å². The van der Waals surface area contributed by atoms with Gasteiger partial charge in [-0.05, 0) is 63.6 Å².